The molecule has 0 saturated carbocycles. The van der Waals surface area contributed by atoms with Crippen LogP contribution in [0.4, 0.5) is 0 Å². The number of phosphoric ester groups is 1. The Morgan fingerprint density at radius 1 is 0.556 bits per heavy atom. The van der Waals surface area contributed by atoms with E-state index in [2.05, 4.69) is 44.3 Å². The molecule has 0 radical (unpaired) electrons. The maximum atomic E-state index is 13.4. The number of hydrogen-bond donors (Lipinski definition) is 2. The summed E-state index contributed by atoms with van der Waals surface area (Å²) in [7, 11) is 1.48. The molecule has 3 unspecified atom stereocenters. The van der Waals surface area contributed by atoms with Crippen molar-refractivity contribution in [3.63, 3.8) is 0 Å². The van der Waals surface area contributed by atoms with Gasteiger partial charge in [-0.05, 0) is 51.0 Å². The lowest BCUT2D eigenvalue weighted by atomic mass is 10.0. The van der Waals surface area contributed by atoms with Gasteiger partial charge in [0, 0.05) is 12.8 Å². The molecule has 0 aliphatic rings. The number of ether oxygens (including phenoxy) is 1. The number of likely N-dealkylation sites (N-methyl/N-ethyl adjacent to an activating group) is 1. The Morgan fingerprint density at radius 2 is 0.984 bits per heavy atom. The number of unbranched alkanes of at least 4 members (excludes halogenated alkanes) is 27. The van der Waals surface area contributed by atoms with Crippen LogP contribution >= 0.6 is 7.82 Å². The van der Waals surface area contributed by atoms with Crippen LogP contribution in [-0.2, 0) is 27.9 Å². The van der Waals surface area contributed by atoms with E-state index in [9.17, 15) is 19.0 Å². The lowest BCUT2D eigenvalue weighted by Gasteiger charge is -2.27. The molecule has 0 saturated heterocycles. The van der Waals surface area contributed by atoms with Crippen molar-refractivity contribution in [2.45, 2.75) is 251 Å². The fraction of sp³-hybridized carbons (Fsp3) is 0.849. The molecule has 0 rings (SSSR count). The van der Waals surface area contributed by atoms with E-state index < -0.39 is 25.9 Å². The number of quaternary nitrogens is 1. The summed E-state index contributed by atoms with van der Waals surface area (Å²) in [4.78, 5) is 37.3. The van der Waals surface area contributed by atoms with Crippen molar-refractivity contribution in [2.75, 3.05) is 40.9 Å². The molecule has 370 valence electrons. The highest BCUT2D eigenvalue weighted by atomic mass is 31.2. The van der Waals surface area contributed by atoms with E-state index in [1.54, 1.807) is 0 Å². The maximum Gasteiger partial charge on any atom is 0.472 e. The van der Waals surface area contributed by atoms with E-state index in [4.69, 9.17) is 13.8 Å². The molecule has 0 spiro atoms. The highest BCUT2D eigenvalue weighted by Gasteiger charge is 2.30. The first-order chi connectivity index (χ1) is 30.4. The minimum Gasteiger partial charge on any atom is -0.456 e. The van der Waals surface area contributed by atoms with Crippen LogP contribution in [0.15, 0.2) is 36.5 Å². The summed E-state index contributed by atoms with van der Waals surface area (Å²) < 4.78 is 30.4. The average molecular weight is 910 g/mol. The molecule has 10 heteroatoms. The summed E-state index contributed by atoms with van der Waals surface area (Å²) in [5.74, 6) is -0.579. The number of carbonyl (C=O) groups is 2. The van der Waals surface area contributed by atoms with Gasteiger partial charge in [-0.2, -0.15) is 0 Å². The summed E-state index contributed by atoms with van der Waals surface area (Å²) in [6.07, 6.45) is 50.1. The van der Waals surface area contributed by atoms with E-state index in [0.29, 0.717) is 23.9 Å². The molecule has 0 fully saturated rings. The number of allylic oxidation sites excluding steroid dienone is 5. The van der Waals surface area contributed by atoms with Crippen molar-refractivity contribution < 1.29 is 37.3 Å². The minimum atomic E-state index is -4.44. The van der Waals surface area contributed by atoms with Gasteiger partial charge in [0.05, 0.1) is 33.8 Å². The molecule has 0 aromatic heterocycles. The maximum absolute atomic E-state index is 13.4. The Morgan fingerprint density at radius 3 is 1.46 bits per heavy atom. The zero-order chi connectivity index (χ0) is 46.5. The number of amides is 1. The molecule has 0 aromatic carbocycles. The van der Waals surface area contributed by atoms with Gasteiger partial charge in [-0.15, -0.1) is 0 Å². The van der Waals surface area contributed by atoms with Gasteiger partial charge in [0.25, 0.3) is 0 Å². The minimum absolute atomic E-state index is 0.0346. The molecule has 9 nitrogen and oxygen atoms in total. The van der Waals surface area contributed by atoms with Crippen molar-refractivity contribution in [3.8, 4) is 0 Å². The van der Waals surface area contributed by atoms with Crippen molar-refractivity contribution in [2.24, 2.45) is 0 Å². The normalized spacial score (nSPS) is 14.2. The largest absolute Gasteiger partial charge is 0.472 e. The Kier molecular flexibility index (Phi) is 42.8. The molecule has 0 aliphatic heterocycles. The van der Waals surface area contributed by atoms with Crippen LogP contribution in [0.1, 0.15) is 239 Å². The predicted molar refractivity (Wildman–Crippen MR) is 268 cm³/mol. The van der Waals surface area contributed by atoms with E-state index in [1.807, 2.05) is 39.4 Å². The molecule has 3 atom stereocenters. The fourth-order valence-electron chi connectivity index (χ4n) is 7.46. The summed E-state index contributed by atoms with van der Waals surface area (Å²) >= 11 is 0. The van der Waals surface area contributed by atoms with Crippen LogP contribution in [0.25, 0.3) is 0 Å². The van der Waals surface area contributed by atoms with Gasteiger partial charge in [0.2, 0.25) is 5.91 Å². The van der Waals surface area contributed by atoms with Gasteiger partial charge in [0.15, 0.2) is 0 Å². The SMILES string of the molecule is CCCCCCCC/C=C\C/C=C/CCC(=O)OC(/C=C/CCCCCCCCCCC)C(COP(=O)(O)OCC[N+](C)(C)C)NC(=O)CCCCCCCCCCCCCCC. The van der Waals surface area contributed by atoms with Gasteiger partial charge >= 0.3 is 13.8 Å². The van der Waals surface area contributed by atoms with Crippen LogP contribution in [0.2, 0.25) is 0 Å². The molecule has 2 N–H and O–H groups in total. The highest BCUT2D eigenvalue weighted by Crippen LogP contribution is 2.43. The second kappa shape index (κ2) is 44.1. The first-order valence-electron chi connectivity index (χ1n) is 26.3. The van der Waals surface area contributed by atoms with Crippen molar-refractivity contribution in [1.29, 1.82) is 0 Å². The van der Waals surface area contributed by atoms with Crippen molar-refractivity contribution in [1.82, 2.24) is 5.32 Å². The molecule has 0 aliphatic carbocycles. The lowest BCUT2D eigenvalue weighted by molar-refractivity contribution is -0.870. The van der Waals surface area contributed by atoms with E-state index >= 15 is 0 Å². The molecule has 0 bridgehead atoms. The fourth-order valence-corrected chi connectivity index (χ4v) is 8.20. The second-order valence-electron chi connectivity index (χ2n) is 19.1. The third-order valence-electron chi connectivity index (χ3n) is 11.6. The van der Waals surface area contributed by atoms with E-state index in [1.165, 1.54) is 148 Å². The Hall–Kier alpha value is -1.77. The first kappa shape index (κ1) is 61.2. The molecular weight excluding hydrogens is 808 g/mol. The number of esters is 1. The van der Waals surface area contributed by atoms with Crippen molar-refractivity contribution >= 4 is 19.7 Å². The first-order valence-corrected chi connectivity index (χ1v) is 27.8. The van der Waals surface area contributed by atoms with Gasteiger partial charge in [-0.3, -0.25) is 18.6 Å². The number of carbonyl (C=O) groups excluding carboxylic acids is 2. The van der Waals surface area contributed by atoms with Gasteiger partial charge in [-0.1, -0.05) is 212 Å². The number of rotatable bonds is 47. The van der Waals surface area contributed by atoms with Gasteiger partial charge < -0.3 is 19.4 Å². The topological polar surface area (TPSA) is 111 Å². The van der Waals surface area contributed by atoms with Gasteiger partial charge in [-0.25, -0.2) is 4.57 Å². The van der Waals surface area contributed by atoms with E-state index in [0.717, 1.165) is 51.4 Å². The van der Waals surface area contributed by atoms with Crippen molar-refractivity contribution in [3.05, 3.63) is 36.5 Å². The van der Waals surface area contributed by atoms with Crippen LogP contribution < -0.4 is 5.32 Å². The number of nitrogens with zero attached hydrogens (tertiary/aromatic N) is 1. The van der Waals surface area contributed by atoms with Crippen LogP contribution in [-0.4, -0.2) is 74.3 Å². The third kappa shape index (κ3) is 45.2. The molecule has 1 amide bonds. The number of nitrogens with one attached hydrogen (secondary N) is 1. The summed E-state index contributed by atoms with van der Waals surface area (Å²) in [5, 5.41) is 3.02. The Balaban J connectivity index is 5.48. The average Bonchev–Trinajstić information content (AvgIpc) is 3.23. The monoisotopic (exact) mass is 910 g/mol. The summed E-state index contributed by atoms with van der Waals surface area (Å²) in [5.41, 5.74) is 0. The number of phosphoric acid groups is 1. The molecule has 0 aromatic rings. The summed E-state index contributed by atoms with van der Waals surface area (Å²) in [6.45, 7) is 6.95. The second-order valence-corrected chi connectivity index (χ2v) is 20.5. The smallest absolute Gasteiger partial charge is 0.456 e. The zero-order valence-electron chi connectivity index (χ0n) is 42.1. The Labute approximate surface area is 389 Å². The standard InChI is InChI=1S/C53H101N2O7P/c1-7-10-13-16-19-22-25-27-30-33-36-39-42-45-52(56)54-50(49-61-63(58,59)60-48-47-55(4,5)6)51(44-41-38-35-32-29-24-21-18-15-12-9-3)62-53(57)46-43-40-37-34-31-28-26-23-20-17-14-11-8-2/h28,31,37,40-41,44,50-51H,7-27,29-30,32-36,38-39,42-43,45-49H2,1-6H3,(H-,54,56,58,59)/p+1/b31-28-,40-37+,44-41+. The van der Waals surface area contributed by atoms with Crippen LogP contribution in [0.3, 0.4) is 0 Å². The predicted octanol–water partition coefficient (Wildman–Crippen LogP) is 15.2. The molecular formula is C53H102N2O7P+. The zero-order valence-corrected chi connectivity index (χ0v) is 43.0. The highest BCUT2D eigenvalue weighted by molar-refractivity contribution is 7.47. The number of hydrogen-bond acceptors (Lipinski definition) is 6. The van der Waals surface area contributed by atoms with E-state index in [-0.39, 0.29) is 25.5 Å². The quantitative estimate of drug-likeness (QED) is 0.0206. The Bertz CT molecular complexity index is 1180. The van der Waals surface area contributed by atoms with Gasteiger partial charge in [0.1, 0.15) is 19.3 Å². The van der Waals surface area contributed by atoms with Crippen LogP contribution in [0.5, 0.6) is 0 Å². The van der Waals surface area contributed by atoms with Crippen LogP contribution in [0, 0.1) is 0 Å². The third-order valence-corrected chi connectivity index (χ3v) is 12.6. The lowest BCUT2D eigenvalue weighted by Crippen LogP contribution is -2.47. The molecule has 63 heavy (non-hydrogen) atoms. The summed E-state index contributed by atoms with van der Waals surface area (Å²) in [6, 6.07) is -0.863. The molecule has 0 heterocycles.